The Morgan fingerprint density at radius 1 is 0.970 bits per heavy atom. The standard InChI is InChI=1S/C27H29ClN2O3/c1-19-8-7-11-22(14-19)17-30(25(27(32)29-3)16-21-9-5-4-6-10-21)26(31)18-33-23-12-13-24(28)20(2)15-23/h4-15,25H,16-18H2,1-3H3,(H,29,32)/t25-/m0/s1. The van der Waals surface area contributed by atoms with Crippen LogP contribution in [0.3, 0.4) is 0 Å². The molecule has 33 heavy (non-hydrogen) atoms. The number of hydrogen-bond acceptors (Lipinski definition) is 3. The molecule has 0 heterocycles. The summed E-state index contributed by atoms with van der Waals surface area (Å²) in [5.41, 5.74) is 3.88. The van der Waals surface area contributed by atoms with Crippen molar-refractivity contribution in [3.05, 3.63) is 100 Å². The Balaban J connectivity index is 1.87. The molecule has 0 aromatic heterocycles. The second kappa shape index (κ2) is 11.5. The molecule has 0 saturated heterocycles. The minimum atomic E-state index is -0.680. The van der Waals surface area contributed by atoms with Crippen LogP contribution in [0.1, 0.15) is 22.3 Å². The smallest absolute Gasteiger partial charge is 0.261 e. The number of nitrogens with zero attached hydrogens (tertiary/aromatic N) is 1. The summed E-state index contributed by atoms with van der Waals surface area (Å²) in [5, 5.41) is 3.35. The Bertz CT molecular complexity index is 1100. The number of carbonyl (C=O) groups excluding carboxylic acids is 2. The highest BCUT2D eigenvalue weighted by atomic mass is 35.5. The molecule has 0 aliphatic carbocycles. The molecule has 0 radical (unpaired) electrons. The highest BCUT2D eigenvalue weighted by Gasteiger charge is 2.30. The molecule has 6 heteroatoms. The molecular formula is C27H29ClN2O3. The summed E-state index contributed by atoms with van der Waals surface area (Å²) in [6, 6.07) is 22.2. The van der Waals surface area contributed by atoms with E-state index in [1.165, 1.54) is 0 Å². The van der Waals surface area contributed by atoms with E-state index in [4.69, 9.17) is 16.3 Å². The van der Waals surface area contributed by atoms with E-state index in [9.17, 15) is 9.59 Å². The number of amides is 2. The van der Waals surface area contributed by atoms with Gasteiger partial charge < -0.3 is 15.0 Å². The fraction of sp³-hybridized carbons (Fsp3) is 0.259. The molecule has 0 aliphatic heterocycles. The van der Waals surface area contributed by atoms with Crippen molar-refractivity contribution >= 4 is 23.4 Å². The van der Waals surface area contributed by atoms with Gasteiger partial charge in [-0.15, -0.1) is 0 Å². The van der Waals surface area contributed by atoms with Gasteiger partial charge in [0.2, 0.25) is 5.91 Å². The van der Waals surface area contributed by atoms with Crippen LogP contribution >= 0.6 is 11.6 Å². The topological polar surface area (TPSA) is 58.6 Å². The normalized spacial score (nSPS) is 11.5. The van der Waals surface area contributed by atoms with Gasteiger partial charge in [-0.25, -0.2) is 0 Å². The van der Waals surface area contributed by atoms with E-state index in [1.807, 2.05) is 68.4 Å². The third kappa shape index (κ3) is 6.83. The first-order chi connectivity index (χ1) is 15.9. The second-order valence-electron chi connectivity index (χ2n) is 8.03. The molecule has 0 saturated carbocycles. The maximum absolute atomic E-state index is 13.4. The minimum Gasteiger partial charge on any atom is -0.484 e. The van der Waals surface area contributed by atoms with E-state index in [-0.39, 0.29) is 18.4 Å². The maximum Gasteiger partial charge on any atom is 0.261 e. The van der Waals surface area contributed by atoms with Gasteiger partial charge in [0.15, 0.2) is 6.61 Å². The van der Waals surface area contributed by atoms with Crippen LogP contribution in [0.4, 0.5) is 0 Å². The SMILES string of the molecule is CNC(=O)[C@H](Cc1ccccc1)N(Cc1cccc(C)c1)C(=O)COc1ccc(Cl)c(C)c1. The van der Waals surface area contributed by atoms with Gasteiger partial charge >= 0.3 is 0 Å². The minimum absolute atomic E-state index is 0.185. The van der Waals surface area contributed by atoms with E-state index < -0.39 is 6.04 Å². The summed E-state index contributed by atoms with van der Waals surface area (Å²) < 4.78 is 5.78. The highest BCUT2D eigenvalue weighted by Crippen LogP contribution is 2.22. The average Bonchev–Trinajstić information content (AvgIpc) is 2.82. The molecule has 3 aromatic carbocycles. The van der Waals surface area contributed by atoms with Gasteiger partial charge in [-0.1, -0.05) is 71.8 Å². The predicted octanol–water partition coefficient (Wildman–Crippen LogP) is 4.72. The highest BCUT2D eigenvalue weighted by molar-refractivity contribution is 6.31. The zero-order chi connectivity index (χ0) is 23.8. The first-order valence-corrected chi connectivity index (χ1v) is 11.2. The van der Waals surface area contributed by atoms with Crippen molar-refractivity contribution in [1.29, 1.82) is 0 Å². The van der Waals surface area contributed by atoms with E-state index in [0.717, 1.165) is 22.3 Å². The molecule has 0 fully saturated rings. The molecule has 0 spiro atoms. The average molecular weight is 465 g/mol. The largest absolute Gasteiger partial charge is 0.484 e. The second-order valence-corrected chi connectivity index (χ2v) is 8.44. The lowest BCUT2D eigenvalue weighted by Gasteiger charge is -2.31. The number of benzene rings is 3. The number of nitrogens with one attached hydrogen (secondary N) is 1. The Morgan fingerprint density at radius 2 is 1.70 bits per heavy atom. The van der Waals surface area contributed by atoms with Gasteiger partial charge in [0, 0.05) is 25.0 Å². The first-order valence-electron chi connectivity index (χ1n) is 10.9. The number of likely N-dealkylation sites (N-methyl/N-ethyl adjacent to an activating group) is 1. The first kappa shape index (κ1) is 24.3. The lowest BCUT2D eigenvalue weighted by atomic mass is 10.0. The lowest BCUT2D eigenvalue weighted by Crippen LogP contribution is -2.51. The van der Waals surface area contributed by atoms with Crippen LogP contribution in [0.15, 0.2) is 72.8 Å². The number of rotatable bonds is 9. The Labute approximate surface area is 200 Å². The molecule has 5 nitrogen and oxygen atoms in total. The third-order valence-corrected chi connectivity index (χ3v) is 5.87. The van der Waals surface area contributed by atoms with Crippen LogP contribution in [-0.4, -0.2) is 36.4 Å². The van der Waals surface area contributed by atoms with Crippen LogP contribution in [0.25, 0.3) is 0 Å². The van der Waals surface area contributed by atoms with Crippen LogP contribution in [0.5, 0.6) is 5.75 Å². The van der Waals surface area contributed by atoms with Gasteiger partial charge in [-0.05, 0) is 48.7 Å². The number of hydrogen-bond donors (Lipinski definition) is 1. The van der Waals surface area contributed by atoms with Gasteiger partial charge in [-0.2, -0.15) is 0 Å². The predicted molar refractivity (Wildman–Crippen MR) is 131 cm³/mol. The van der Waals surface area contributed by atoms with Crippen molar-refractivity contribution in [2.24, 2.45) is 0 Å². The summed E-state index contributed by atoms with van der Waals surface area (Å²) in [6.45, 7) is 3.99. The summed E-state index contributed by atoms with van der Waals surface area (Å²) in [4.78, 5) is 27.9. The summed E-state index contributed by atoms with van der Waals surface area (Å²) in [7, 11) is 1.59. The van der Waals surface area contributed by atoms with Crippen LogP contribution in [-0.2, 0) is 22.6 Å². The molecule has 2 amide bonds. The molecular weight excluding hydrogens is 436 g/mol. The number of carbonyl (C=O) groups is 2. The fourth-order valence-electron chi connectivity index (χ4n) is 3.66. The van der Waals surface area contributed by atoms with Gasteiger partial charge in [-0.3, -0.25) is 9.59 Å². The molecule has 0 aliphatic rings. The van der Waals surface area contributed by atoms with Crippen molar-refractivity contribution in [2.75, 3.05) is 13.7 Å². The molecule has 0 unspecified atom stereocenters. The number of aryl methyl sites for hydroxylation is 2. The Kier molecular flexibility index (Phi) is 8.50. The Hall–Kier alpha value is -3.31. The van der Waals surface area contributed by atoms with Gasteiger partial charge in [0.25, 0.3) is 5.91 Å². The molecule has 1 atom stereocenters. The maximum atomic E-state index is 13.4. The molecule has 0 bridgehead atoms. The summed E-state index contributed by atoms with van der Waals surface area (Å²) >= 11 is 6.09. The monoisotopic (exact) mass is 464 g/mol. The van der Waals surface area contributed by atoms with Crippen LogP contribution in [0, 0.1) is 13.8 Å². The van der Waals surface area contributed by atoms with Crippen LogP contribution < -0.4 is 10.1 Å². The van der Waals surface area contributed by atoms with E-state index in [1.54, 1.807) is 30.1 Å². The van der Waals surface area contributed by atoms with Crippen molar-refractivity contribution in [2.45, 2.75) is 32.9 Å². The van der Waals surface area contributed by atoms with Gasteiger partial charge in [0.05, 0.1) is 0 Å². The zero-order valence-electron chi connectivity index (χ0n) is 19.2. The van der Waals surface area contributed by atoms with Crippen molar-refractivity contribution < 1.29 is 14.3 Å². The molecule has 172 valence electrons. The van der Waals surface area contributed by atoms with Crippen molar-refractivity contribution in [3.63, 3.8) is 0 Å². The van der Waals surface area contributed by atoms with E-state index >= 15 is 0 Å². The molecule has 3 rings (SSSR count). The quantitative estimate of drug-likeness (QED) is 0.498. The lowest BCUT2D eigenvalue weighted by molar-refractivity contribution is -0.142. The van der Waals surface area contributed by atoms with Crippen molar-refractivity contribution in [3.8, 4) is 5.75 Å². The van der Waals surface area contributed by atoms with Crippen LogP contribution in [0.2, 0.25) is 5.02 Å². The van der Waals surface area contributed by atoms with E-state index in [2.05, 4.69) is 5.32 Å². The summed E-state index contributed by atoms with van der Waals surface area (Å²) in [5.74, 6) is 0.0659. The summed E-state index contributed by atoms with van der Waals surface area (Å²) in [6.07, 6.45) is 0.401. The zero-order valence-corrected chi connectivity index (χ0v) is 19.9. The van der Waals surface area contributed by atoms with E-state index in [0.29, 0.717) is 23.7 Å². The van der Waals surface area contributed by atoms with Crippen molar-refractivity contribution in [1.82, 2.24) is 10.2 Å². The Morgan fingerprint density at radius 3 is 2.36 bits per heavy atom. The fourth-order valence-corrected chi connectivity index (χ4v) is 3.78. The van der Waals surface area contributed by atoms with Gasteiger partial charge in [0.1, 0.15) is 11.8 Å². The molecule has 1 N–H and O–H groups in total. The number of ether oxygens (including phenoxy) is 1. The molecule has 3 aromatic rings. The number of halogens is 1. The third-order valence-electron chi connectivity index (χ3n) is 5.44.